The first-order valence-corrected chi connectivity index (χ1v) is 8.98. The third-order valence-corrected chi connectivity index (χ3v) is 4.95. The minimum atomic E-state index is -0.348. The first-order valence-electron chi connectivity index (χ1n) is 8.98. The van der Waals surface area contributed by atoms with Crippen LogP contribution in [0.1, 0.15) is 50.0 Å². The zero-order valence-electron chi connectivity index (χ0n) is 14.9. The van der Waals surface area contributed by atoms with E-state index in [1.54, 1.807) is 12.1 Å². The van der Waals surface area contributed by atoms with Crippen molar-refractivity contribution in [1.29, 1.82) is 0 Å². The molecular formula is C19H26N4O2. The number of nitrogens with zero attached hydrogens (tertiary/aromatic N) is 2. The van der Waals surface area contributed by atoms with Gasteiger partial charge in [-0.15, -0.1) is 0 Å². The van der Waals surface area contributed by atoms with Crippen molar-refractivity contribution in [2.24, 2.45) is 11.7 Å². The molecule has 25 heavy (non-hydrogen) atoms. The summed E-state index contributed by atoms with van der Waals surface area (Å²) in [6.45, 7) is 4.93. The molecule has 0 saturated heterocycles. The molecule has 1 amide bonds. The van der Waals surface area contributed by atoms with Gasteiger partial charge in [0.2, 0.25) is 0 Å². The predicted molar refractivity (Wildman–Crippen MR) is 98.6 cm³/mol. The molecule has 3 rings (SSSR count). The zero-order chi connectivity index (χ0) is 18.0. The molecule has 2 aromatic rings. The van der Waals surface area contributed by atoms with E-state index in [9.17, 15) is 9.59 Å². The molecule has 3 N–H and O–H groups in total. The molecule has 0 unspecified atom stereocenters. The Kier molecular flexibility index (Phi) is 4.90. The van der Waals surface area contributed by atoms with E-state index in [2.05, 4.69) is 10.4 Å². The summed E-state index contributed by atoms with van der Waals surface area (Å²) in [5.41, 5.74) is 5.73. The average molecular weight is 342 g/mol. The molecular weight excluding hydrogens is 316 g/mol. The standard InChI is InChI=1S/C19H26N4O2/c1-13(2)11-23-18(25)15-8-4-3-7-14(15)16(22-23)17(24)21-19(12-20)9-5-6-10-19/h3-4,7-8,13H,5-6,9-12,20H2,1-2H3,(H,21,24). The van der Waals surface area contributed by atoms with Crippen molar-refractivity contribution in [3.63, 3.8) is 0 Å². The van der Waals surface area contributed by atoms with Gasteiger partial charge in [-0.1, -0.05) is 44.9 Å². The van der Waals surface area contributed by atoms with Crippen molar-refractivity contribution in [3.05, 3.63) is 40.3 Å². The lowest BCUT2D eigenvalue weighted by Crippen LogP contribution is -2.52. The van der Waals surface area contributed by atoms with Gasteiger partial charge in [-0.25, -0.2) is 4.68 Å². The fourth-order valence-electron chi connectivity index (χ4n) is 3.60. The molecule has 1 aromatic heterocycles. The monoisotopic (exact) mass is 342 g/mol. The zero-order valence-corrected chi connectivity index (χ0v) is 14.9. The van der Waals surface area contributed by atoms with Crippen LogP contribution in [0.25, 0.3) is 10.8 Å². The Morgan fingerprint density at radius 2 is 1.92 bits per heavy atom. The van der Waals surface area contributed by atoms with Crippen LogP contribution in [-0.2, 0) is 6.54 Å². The van der Waals surface area contributed by atoms with E-state index in [0.717, 1.165) is 25.7 Å². The van der Waals surface area contributed by atoms with Crippen LogP contribution in [0.3, 0.4) is 0 Å². The van der Waals surface area contributed by atoms with Crippen LogP contribution in [0.5, 0.6) is 0 Å². The van der Waals surface area contributed by atoms with Crippen LogP contribution in [0.4, 0.5) is 0 Å². The molecule has 1 heterocycles. The molecule has 0 radical (unpaired) electrons. The van der Waals surface area contributed by atoms with Gasteiger partial charge >= 0.3 is 0 Å². The summed E-state index contributed by atoms with van der Waals surface area (Å²) in [5.74, 6) is 0.00791. The predicted octanol–water partition coefficient (Wildman–Crippen LogP) is 2.05. The normalized spacial score (nSPS) is 16.5. The summed E-state index contributed by atoms with van der Waals surface area (Å²) in [6, 6.07) is 7.16. The van der Waals surface area contributed by atoms with Crippen molar-refractivity contribution < 1.29 is 4.79 Å². The van der Waals surface area contributed by atoms with E-state index in [-0.39, 0.29) is 22.9 Å². The molecule has 1 aliphatic carbocycles. The number of carbonyl (C=O) groups excluding carboxylic acids is 1. The topological polar surface area (TPSA) is 90.0 Å². The third-order valence-electron chi connectivity index (χ3n) is 4.95. The molecule has 1 aliphatic rings. The first-order chi connectivity index (χ1) is 12.0. The number of nitrogens with two attached hydrogens (primary N) is 1. The van der Waals surface area contributed by atoms with E-state index in [1.807, 2.05) is 26.0 Å². The third kappa shape index (κ3) is 3.44. The highest BCUT2D eigenvalue weighted by atomic mass is 16.2. The summed E-state index contributed by atoms with van der Waals surface area (Å²) >= 11 is 0. The molecule has 6 heteroatoms. The van der Waals surface area contributed by atoms with Crippen molar-refractivity contribution in [2.45, 2.75) is 51.6 Å². The number of hydrogen-bond donors (Lipinski definition) is 2. The fourth-order valence-corrected chi connectivity index (χ4v) is 3.60. The van der Waals surface area contributed by atoms with Gasteiger partial charge < -0.3 is 11.1 Å². The molecule has 0 aliphatic heterocycles. The van der Waals surface area contributed by atoms with Gasteiger partial charge in [-0.05, 0) is 24.8 Å². The van der Waals surface area contributed by atoms with Crippen LogP contribution < -0.4 is 16.6 Å². The largest absolute Gasteiger partial charge is 0.344 e. The van der Waals surface area contributed by atoms with Crippen LogP contribution in [0.2, 0.25) is 0 Å². The van der Waals surface area contributed by atoms with E-state index in [4.69, 9.17) is 5.73 Å². The summed E-state index contributed by atoms with van der Waals surface area (Å²) in [6.07, 6.45) is 3.91. The van der Waals surface area contributed by atoms with Crippen LogP contribution >= 0.6 is 0 Å². The second-order valence-corrected chi connectivity index (χ2v) is 7.42. The Bertz CT molecular complexity index is 835. The van der Waals surface area contributed by atoms with Gasteiger partial charge in [0.15, 0.2) is 5.69 Å². The number of carbonyl (C=O) groups is 1. The number of fused-ring (bicyclic) bond motifs is 1. The van der Waals surface area contributed by atoms with Gasteiger partial charge in [-0.3, -0.25) is 9.59 Å². The van der Waals surface area contributed by atoms with Gasteiger partial charge in [0, 0.05) is 18.5 Å². The second-order valence-electron chi connectivity index (χ2n) is 7.42. The van der Waals surface area contributed by atoms with Crippen molar-refractivity contribution in [1.82, 2.24) is 15.1 Å². The van der Waals surface area contributed by atoms with Crippen LogP contribution in [0.15, 0.2) is 29.1 Å². The van der Waals surface area contributed by atoms with Gasteiger partial charge in [0.1, 0.15) is 0 Å². The Morgan fingerprint density at radius 1 is 1.28 bits per heavy atom. The number of aromatic nitrogens is 2. The minimum Gasteiger partial charge on any atom is -0.344 e. The second kappa shape index (κ2) is 6.96. The maximum absolute atomic E-state index is 13.0. The molecule has 0 bridgehead atoms. The lowest BCUT2D eigenvalue weighted by Gasteiger charge is -2.28. The Balaban J connectivity index is 2.06. The number of benzene rings is 1. The molecule has 1 saturated carbocycles. The van der Waals surface area contributed by atoms with Crippen molar-refractivity contribution in [2.75, 3.05) is 6.54 Å². The smallest absolute Gasteiger partial charge is 0.274 e. The maximum atomic E-state index is 13.0. The highest BCUT2D eigenvalue weighted by Crippen LogP contribution is 2.29. The lowest BCUT2D eigenvalue weighted by molar-refractivity contribution is 0.0897. The van der Waals surface area contributed by atoms with E-state index in [1.165, 1.54) is 4.68 Å². The van der Waals surface area contributed by atoms with Crippen LogP contribution in [-0.4, -0.2) is 27.8 Å². The van der Waals surface area contributed by atoms with Gasteiger partial charge in [0.05, 0.1) is 10.9 Å². The number of nitrogens with one attached hydrogen (secondary N) is 1. The Hall–Kier alpha value is -2.21. The van der Waals surface area contributed by atoms with Gasteiger partial charge in [-0.2, -0.15) is 5.10 Å². The summed E-state index contributed by atoms with van der Waals surface area (Å²) in [5, 5.41) is 8.63. The molecule has 6 nitrogen and oxygen atoms in total. The Morgan fingerprint density at radius 3 is 2.52 bits per heavy atom. The number of amides is 1. The number of hydrogen-bond acceptors (Lipinski definition) is 4. The Labute approximate surface area is 147 Å². The van der Waals surface area contributed by atoms with E-state index >= 15 is 0 Å². The van der Waals surface area contributed by atoms with E-state index in [0.29, 0.717) is 29.6 Å². The lowest BCUT2D eigenvalue weighted by atomic mass is 9.97. The SMILES string of the molecule is CC(C)Cn1nc(C(=O)NC2(CN)CCCC2)c2ccccc2c1=O. The van der Waals surface area contributed by atoms with Gasteiger partial charge in [0.25, 0.3) is 11.5 Å². The average Bonchev–Trinajstić information content (AvgIpc) is 3.06. The fraction of sp³-hybridized carbons (Fsp3) is 0.526. The molecule has 1 aromatic carbocycles. The molecule has 0 atom stereocenters. The highest BCUT2D eigenvalue weighted by molar-refractivity contribution is 6.05. The van der Waals surface area contributed by atoms with E-state index < -0.39 is 0 Å². The summed E-state index contributed by atoms with van der Waals surface area (Å²) < 4.78 is 1.41. The molecule has 0 spiro atoms. The summed E-state index contributed by atoms with van der Waals surface area (Å²) in [4.78, 5) is 25.6. The maximum Gasteiger partial charge on any atom is 0.274 e. The first kappa shape index (κ1) is 17.6. The quantitative estimate of drug-likeness (QED) is 0.870. The summed E-state index contributed by atoms with van der Waals surface area (Å²) in [7, 11) is 0. The number of rotatable bonds is 5. The van der Waals surface area contributed by atoms with Crippen LogP contribution in [0, 0.1) is 5.92 Å². The van der Waals surface area contributed by atoms with Crippen molar-refractivity contribution >= 4 is 16.7 Å². The molecule has 134 valence electrons. The molecule has 1 fully saturated rings. The van der Waals surface area contributed by atoms with Crippen molar-refractivity contribution in [3.8, 4) is 0 Å². The highest BCUT2D eigenvalue weighted by Gasteiger charge is 2.35. The minimum absolute atomic E-state index is 0.157.